The quantitative estimate of drug-likeness (QED) is 0.156. The maximum absolute atomic E-state index is 10.6. The molecule has 0 atom stereocenters. The molecule has 0 heterocycles. The molecule has 0 radical (unpaired) electrons. The van der Waals surface area contributed by atoms with E-state index in [1.165, 1.54) is 0 Å². The van der Waals surface area contributed by atoms with Crippen LogP contribution < -0.4 is 0 Å². The molecule has 0 aliphatic carbocycles. The number of ether oxygens (including phenoxy) is 1. The second-order valence-corrected chi connectivity index (χ2v) is 3.02. The Balaban J connectivity index is 3.26. The fraction of sp³-hybridized carbons (Fsp3) is 0.600. The van der Waals surface area contributed by atoms with Crippen molar-refractivity contribution in [3.05, 3.63) is 18.2 Å². The highest BCUT2D eigenvalue weighted by Crippen LogP contribution is 2.00. The van der Waals surface area contributed by atoms with E-state index in [-0.39, 0.29) is 5.97 Å². The highest BCUT2D eigenvalue weighted by Gasteiger charge is 1.99. The van der Waals surface area contributed by atoms with Crippen molar-refractivity contribution in [3.63, 3.8) is 0 Å². The summed E-state index contributed by atoms with van der Waals surface area (Å²) in [5.74, 6) is -0.377. The van der Waals surface area contributed by atoms with Gasteiger partial charge in [0.25, 0.3) is 5.71 Å². The van der Waals surface area contributed by atoms with E-state index in [4.69, 9.17) is 10.3 Å². The van der Waals surface area contributed by atoms with Crippen LogP contribution in [0.2, 0.25) is 0 Å². The molecule has 0 aromatic carbocycles. The van der Waals surface area contributed by atoms with Gasteiger partial charge in [-0.2, -0.15) is 4.79 Å². The minimum Gasteiger partial charge on any atom is -0.463 e. The van der Waals surface area contributed by atoms with Crippen LogP contribution in [0, 0.1) is 0 Å². The van der Waals surface area contributed by atoms with Gasteiger partial charge in [0.2, 0.25) is 0 Å². The number of unbranched alkanes of at least 4 members (excludes halogenated alkanes) is 2. The Labute approximate surface area is 84.2 Å². The molecule has 0 aromatic rings. The second-order valence-electron chi connectivity index (χ2n) is 3.02. The third kappa shape index (κ3) is 7.25. The summed E-state index contributed by atoms with van der Waals surface area (Å²) >= 11 is 0. The van der Waals surface area contributed by atoms with E-state index in [9.17, 15) is 4.79 Å². The van der Waals surface area contributed by atoms with Gasteiger partial charge in [-0.1, -0.05) is 6.58 Å². The predicted octanol–water partition coefficient (Wildman–Crippen LogP) is 1.97. The zero-order valence-electron chi connectivity index (χ0n) is 8.53. The Morgan fingerprint density at radius 2 is 2.21 bits per heavy atom. The fourth-order valence-electron chi connectivity index (χ4n) is 0.941. The lowest BCUT2D eigenvalue weighted by Crippen LogP contribution is -2.02. The summed E-state index contributed by atoms with van der Waals surface area (Å²) < 4.78 is 4.79. The van der Waals surface area contributed by atoms with Crippen LogP contribution in [0.1, 0.15) is 32.6 Å². The molecule has 0 unspecified atom stereocenters. The normalized spacial score (nSPS) is 8.93. The highest BCUT2D eigenvalue weighted by molar-refractivity contribution is 5.81. The van der Waals surface area contributed by atoms with Crippen LogP contribution in [0.3, 0.4) is 0 Å². The second kappa shape index (κ2) is 8.20. The average Bonchev–Trinajstić information content (AvgIpc) is 2.22. The predicted molar refractivity (Wildman–Crippen MR) is 53.9 cm³/mol. The van der Waals surface area contributed by atoms with Crippen molar-refractivity contribution >= 4 is 11.7 Å². The zero-order chi connectivity index (χ0) is 10.8. The molecular weight excluding hydrogens is 180 g/mol. The van der Waals surface area contributed by atoms with Crippen LogP contribution in [0.5, 0.6) is 0 Å². The monoisotopic (exact) mass is 196 g/mol. The molecule has 0 saturated carbocycles. The Morgan fingerprint density at radius 3 is 2.79 bits per heavy atom. The molecule has 0 rings (SSSR count). The molecular formula is C10H16N2O2. The zero-order valence-corrected chi connectivity index (χ0v) is 8.53. The first kappa shape index (κ1) is 12.6. The molecule has 0 aliphatic rings. The summed E-state index contributed by atoms with van der Waals surface area (Å²) in [6, 6.07) is 0. The van der Waals surface area contributed by atoms with Gasteiger partial charge in [-0.05, 0) is 19.3 Å². The molecule has 4 heteroatoms. The molecule has 0 spiro atoms. The third-order valence-corrected chi connectivity index (χ3v) is 1.76. The van der Waals surface area contributed by atoms with Gasteiger partial charge in [-0.3, -0.25) is 0 Å². The Kier molecular flexibility index (Phi) is 7.37. The van der Waals surface area contributed by atoms with Gasteiger partial charge in [-0.15, -0.1) is 0 Å². The Bertz CT molecular complexity index is 243. The standard InChI is InChI=1S/C10H16N2O2/c1-3-10(13)14-8-6-4-5-7-9(2)12-11/h3H,1,4-8H2,2H3. The smallest absolute Gasteiger partial charge is 0.330 e. The van der Waals surface area contributed by atoms with Crippen LogP contribution in [-0.4, -0.2) is 23.1 Å². The van der Waals surface area contributed by atoms with Crippen molar-refractivity contribution in [2.45, 2.75) is 32.6 Å². The SMILES string of the molecule is C=CC(=O)OCCCCCC(C)=[N+]=[N-]. The summed E-state index contributed by atoms with van der Waals surface area (Å²) in [7, 11) is 0. The largest absolute Gasteiger partial charge is 0.463 e. The Morgan fingerprint density at radius 1 is 1.50 bits per heavy atom. The molecule has 78 valence electrons. The van der Waals surface area contributed by atoms with Crippen molar-refractivity contribution < 1.29 is 14.3 Å². The Hall–Kier alpha value is -1.41. The van der Waals surface area contributed by atoms with Crippen LogP contribution in [-0.2, 0) is 9.53 Å². The van der Waals surface area contributed by atoms with E-state index in [0.29, 0.717) is 6.61 Å². The molecule has 0 aliphatic heterocycles. The number of esters is 1. The molecule has 0 fully saturated rings. The van der Waals surface area contributed by atoms with Gasteiger partial charge < -0.3 is 10.3 Å². The fourth-order valence-corrected chi connectivity index (χ4v) is 0.941. The lowest BCUT2D eigenvalue weighted by molar-refractivity contribution is -0.137. The highest BCUT2D eigenvalue weighted by atomic mass is 16.5. The number of rotatable bonds is 7. The van der Waals surface area contributed by atoms with Crippen molar-refractivity contribution in [2.24, 2.45) is 0 Å². The van der Waals surface area contributed by atoms with Crippen molar-refractivity contribution in [3.8, 4) is 0 Å². The van der Waals surface area contributed by atoms with E-state index in [0.717, 1.165) is 37.5 Å². The summed E-state index contributed by atoms with van der Waals surface area (Å²) in [6.07, 6.45) is 4.67. The molecule has 0 N–H and O–H groups in total. The average molecular weight is 196 g/mol. The topological polar surface area (TPSA) is 62.7 Å². The van der Waals surface area contributed by atoms with Gasteiger partial charge in [0.1, 0.15) is 0 Å². The van der Waals surface area contributed by atoms with Crippen molar-refractivity contribution in [1.29, 1.82) is 0 Å². The van der Waals surface area contributed by atoms with Crippen LogP contribution in [0.15, 0.2) is 12.7 Å². The van der Waals surface area contributed by atoms with E-state index >= 15 is 0 Å². The van der Waals surface area contributed by atoms with E-state index in [1.807, 2.05) is 0 Å². The minimum absolute atomic E-state index is 0.377. The van der Waals surface area contributed by atoms with Gasteiger partial charge in [0.05, 0.1) is 6.61 Å². The summed E-state index contributed by atoms with van der Waals surface area (Å²) in [5, 5.41) is 0. The minimum atomic E-state index is -0.377. The van der Waals surface area contributed by atoms with Crippen LogP contribution in [0.25, 0.3) is 5.53 Å². The van der Waals surface area contributed by atoms with E-state index in [2.05, 4.69) is 11.4 Å². The number of hydrogen-bond acceptors (Lipinski definition) is 2. The maximum Gasteiger partial charge on any atom is 0.330 e. The van der Waals surface area contributed by atoms with Gasteiger partial charge in [0, 0.05) is 19.4 Å². The number of nitrogens with zero attached hydrogens (tertiary/aromatic N) is 2. The molecule has 0 amide bonds. The van der Waals surface area contributed by atoms with Gasteiger partial charge >= 0.3 is 5.97 Å². The van der Waals surface area contributed by atoms with Crippen LogP contribution in [0.4, 0.5) is 0 Å². The third-order valence-electron chi connectivity index (χ3n) is 1.76. The first-order chi connectivity index (χ1) is 6.70. The number of hydrogen-bond donors (Lipinski definition) is 0. The van der Waals surface area contributed by atoms with Crippen molar-refractivity contribution in [2.75, 3.05) is 6.61 Å². The van der Waals surface area contributed by atoms with Gasteiger partial charge in [0.15, 0.2) is 0 Å². The summed E-state index contributed by atoms with van der Waals surface area (Å²) in [6.45, 7) is 5.50. The van der Waals surface area contributed by atoms with E-state index in [1.54, 1.807) is 6.92 Å². The first-order valence-electron chi connectivity index (χ1n) is 4.67. The molecule has 0 saturated heterocycles. The lowest BCUT2D eigenvalue weighted by atomic mass is 10.1. The summed E-state index contributed by atoms with van der Waals surface area (Å²) in [5.41, 5.74) is 9.08. The van der Waals surface area contributed by atoms with Crippen molar-refractivity contribution in [1.82, 2.24) is 0 Å². The van der Waals surface area contributed by atoms with E-state index < -0.39 is 0 Å². The molecule has 4 nitrogen and oxygen atoms in total. The molecule has 0 bridgehead atoms. The molecule has 14 heavy (non-hydrogen) atoms. The number of carbonyl (C=O) groups is 1. The number of carbonyl (C=O) groups excluding carboxylic acids is 1. The molecule has 0 aromatic heterocycles. The first-order valence-corrected chi connectivity index (χ1v) is 4.67. The maximum atomic E-state index is 10.6. The van der Waals surface area contributed by atoms with Crippen LogP contribution >= 0.6 is 0 Å². The summed E-state index contributed by atoms with van der Waals surface area (Å²) in [4.78, 5) is 13.7. The lowest BCUT2D eigenvalue weighted by Gasteiger charge is -2.00. The van der Waals surface area contributed by atoms with Gasteiger partial charge in [-0.25, -0.2) is 4.79 Å².